The maximum atomic E-state index is 8.75. The first-order valence-electron chi connectivity index (χ1n) is 5.38. The molecule has 0 radical (unpaired) electrons. The lowest BCUT2D eigenvalue weighted by molar-refractivity contribution is 0.121. The monoisotopic (exact) mass is 203 g/mol. The molecule has 0 N–H and O–H groups in total. The van der Waals surface area contributed by atoms with E-state index in [1.165, 1.54) is 5.56 Å². The zero-order valence-electron chi connectivity index (χ0n) is 9.15. The van der Waals surface area contributed by atoms with E-state index in [9.17, 15) is 0 Å². The second-order valence-corrected chi connectivity index (χ2v) is 3.54. The van der Waals surface area contributed by atoms with Crippen LogP contribution in [0.5, 0.6) is 0 Å². The fraction of sp³-hybridized carbons (Fsp3) is 0.462. The Labute approximate surface area is 91.5 Å². The standard InChI is InChI=1S/C13H17NO/c1-2-10-15-11-13(8-9-14)12-6-4-3-5-7-12/h3-7,13H,2,8,10-11H2,1H3. The molecular weight excluding hydrogens is 186 g/mol. The smallest absolute Gasteiger partial charge is 0.0629 e. The molecule has 2 heteroatoms. The van der Waals surface area contributed by atoms with Crippen LogP contribution in [0.4, 0.5) is 0 Å². The van der Waals surface area contributed by atoms with Crippen LogP contribution < -0.4 is 0 Å². The molecule has 1 aromatic rings. The van der Waals surface area contributed by atoms with E-state index in [2.05, 4.69) is 25.1 Å². The molecule has 1 rings (SSSR count). The fourth-order valence-corrected chi connectivity index (χ4v) is 1.48. The van der Waals surface area contributed by atoms with Crippen LogP contribution in [-0.4, -0.2) is 13.2 Å². The van der Waals surface area contributed by atoms with Gasteiger partial charge in [0.2, 0.25) is 0 Å². The molecule has 0 fully saturated rings. The maximum absolute atomic E-state index is 8.75. The molecule has 0 spiro atoms. The van der Waals surface area contributed by atoms with Crippen LogP contribution in [0, 0.1) is 11.3 Å². The van der Waals surface area contributed by atoms with Crippen LogP contribution in [0.15, 0.2) is 30.3 Å². The van der Waals surface area contributed by atoms with Gasteiger partial charge in [-0.25, -0.2) is 0 Å². The van der Waals surface area contributed by atoms with Crippen molar-refractivity contribution in [2.24, 2.45) is 0 Å². The van der Waals surface area contributed by atoms with Crippen molar-refractivity contribution in [1.82, 2.24) is 0 Å². The highest BCUT2D eigenvalue weighted by Crippen LogP contribution is 2.19. The van der Waals surface area contributed by atoms with Crippen LogP contribution in [0.2, 0.25) is 0 Å². The predicted molar refractivity (Wildman–Crippen MR) is 60.5 cm³/mol. The molecule has 1 unspecified atom stereocenters. The highest BCUT2D eigenvalue weighted by Gasteiger charge is 2.10. The van der Waals surface area contributed by atoms with Crippen LogP contribution in [0.3, 0.4) is 0 Å². The van der Waals surface area contributed by atoms with Gasteiger partial charge in [-0.2, -0.15) is 5.26 Å². The van der Waals surface area contributed by atoms with Gasteiger partial charge in [-0.15, -0.1) is 0 Å². The zero-order chi connectivity index (χ0) is 10.9. The summed E-state index contributed by atoms with van der Waals surface area (Å²) in [5, 5.41) is 8.75. The number of rotatable bonds is 6. The van der Waals surface area contributed by atoms with Gasteiger partial charge in [-0.1, -0.05) is 37.3 Å². The van der Waals surface area contributed by atoms with E-state index in [1.54, 1.807) is 0 Å². The molecule has 0 saturated heterocycles. The Morgan fingerprint density at radius 2 is 2.07 bits per heavy atom. The Balaban J connectivity index is 2.55. The number of nitriles is 1. The second-order valence-electron chi connectivity index (χ2n) is 3.54. The lowest BCUT2D eigenvalue weighted by atomic mass is 9.97. The van der Waals surface area contributed by atoms with E-state index in [1.807, 2.05) is 18.2 Å². The molecule has 15 heavy (non-hydrogen) atoms. The van der Waals surface area contributed by atoms with Gasteiger partial charge in [0.25, 0.3) is 0 Å². The molecule has 80 valence electrons. The normalized spacial score (nSPS) is 12.0. The lowest BCUT2D eigenvalue weighted by Gasteiger charge is -2.13. The number of nitrogens with zero attached hydrogens (tertiary/aromatic N) is 1. The van der Waals surface area contributed by atoms with Gasteiger partial charge in [0.05, 0.1) is 12.7 Å². The third kappa shape index (κ3) is 4.14. The van der Waals surface area contributed by atoms with Crippen molar-refractivity contribution in [2.45, 2.75) is 25.7 Å². The van der Waals surface area contributed by atoms with Crippen molar-refractivity contribution in [3.05, 3.63) is 35.9 Å². The summed E-state index contributed by atoms with van der Waals surface area (Å²) in [6, 6.07) is 12.3. The van der Waals surface area contributed by atoms with Gasteiger partial charge >= 0.3 is 0 Å². The third-order valence-corrected chi connectivity index (χ3v) is 2.28. The molecule has 0 aliphatic rings. The Morgan fingerprint density at radius 1 is 1.33 bits per heavy atom. The number of hydrogen-bond acceptors (Lipinski definition) is 2. The minimum absolute atomic E-state index is 0.211. The molecule has 1 atom stereocenters. The summed E-state index contributed by atoms with van der Waals surface area (Å²) in [6.45, 7) is 3.50. The molecule has 0 bridgehead atoms. The maximum Gasteiger partial charge on any atom is 0.0629 e. The van der Waals surface area contributed by atoms with Crippen molar-refractivity contribution in [3.63, 3.8) is 0 Å². The largest absolute Gasteiger partial charge is 0.381 e. The van der Waals surface area contributed by atoms with Gasteiger partial charge in [0.1, 0.15) is 0 Å². The quantitative estimate of drug-likeness (QED) is 0.665. The lowest BCUT2D eigenvalue weighted by Crippen LogP contribution is -2.08. The number of benzene rings is 1. The van der Waals surface area contributed by atoms with Crippen LogP contribution >= 0.6 is 0 Å². The molecule has 0 heterocycles. The van der Waals surface area contributed by atoms with Crippen LogP contribution in [-0.2, 0) is 4.74 Å². The molecule has 2 nitrogen and oxygen atoms in total. The highest BCUT2D eigenvalue weighted by atomic mass is 16.5. The van der Waals surface area contributed by atoms with Gasteiger partial charge in [-0.3, -0.25) is 0 Å². The first-order chi connectivity index (χ1) is 7.38. The van der Waals surface area contributed by atoms with E-state index < -0.39 is 0 Å². The van der Waals surface area contributed by atoms with E-state index in [0.717, 1.165) is 13.0 Å². The summed E-state index contributed by atoms with van der Waals surface area (Å²) < 4.78 is 5.50. The molecule has 0 aromatic heterocycles. The Kier molecular flexibility index (Phi) is 5.50. The average molecular weight is 203 g/mol. The average Bonchev–Trinajstić information content (AvgIpc) is 2.29. The predicted octanol–water partition coefficient (Wildman–Crippen LogP) is 3.11. The Bertz CT molecular complexity index is 302. The topological polar surface area (TPSA) is 33.0 Å². The van der Waals surface area contributed by atoms with Gasteiger partial charge in [0.15, 0.2) is 0 Å². The molecule has 0 amide bonds. The van der Waals surface area contributed by atoms with Crippen molar-refractivity contribution in [1.29, 1.82) is 5.26 Å². The molecule has 0 saturated carbocycles. The first kappa shape index (κ1) is 11.7. The summed E-state index contributed by atoms with van der Waals surface area (Å²) >= 11 is 0. The van der Waals surface area contributed by atoms with E-state index in [-0.39, 0.29) is 5.92 Å². The van der Waals surface area contributed by atoms with Crippen molar-refractivity contribution < 1.29 is 4.74 Å². The summed E-state index contributed by atoms with van der Waals surface area (Å²) in [6.07, 6.45) is 1.54. The van der Waals surface area contributed by atoms with Gasteiger partial charge in [0, 0.05) is 18.9 Å². The minimum Gasteiger partial charge on any atom is -0.381 e. The van der Waals surface area contributed by atoms with Crippen LogP contribution in [0.1, 0.15) is 31.2 Å². The molecule has 0 aliphatic carbocycles. The molecular formula is C13H17NO. The molecule has 1 aromatic carbocycles. The van der Waals surface area contributed by atoms with E-state index >= 15 is 0 Å². The summed E-state index contributed by atoms with van der Waals surface area (Å²) in [4.78, 5) is 0. The first-order valence-corrected chi connectivity index (χ1v) is 5.38. The van der Waals surface area contributed by atoms with Crippen molar-refractivity contribution in [2.75, 3.05) is 13.2 Å². The summed E-state index contributed by atoms with van der Waals surface area (Å²) in [5.41, 5.74) is 1.19. The van der Waals surface area contributed by atoms with Crippen LogP contribution in [0.25, 0.3) is 0 Å². The van der Waals surface area contributed by atoms with Crippen molar-refractivity contribution >= 4 is 0 Å². The SMILES string of the molecule is CCCOCC(CC#N)c1ccccc1. The van der Waals surface area contributed by atoms with Gasteiger partial charge < -0.3 is 4.74 Å². The fourth-order valence-electron chi connectivity index (χ4n) is 1.48. The van der Waals surface area contributed by atoms with Crippen molar-refractivity contribution in [3.8, 4) is 6.07 Å². The minimum atomic E-state index is 0.211. The third-order valence-electron chi connectivity index (χ3n) is 2.28. The van der Waals surface area contributed by atoms with E-state index in [4.69, 9.17) is 10.00 Å². The number of ether oxygens (including phenoxy) is 1. The Morgan fingerprint density at radius 3 is 2.67 bits per heavy atom. The van der Waals surface area contributed by atoms with E-state index in [0.29, 0.717) is 13.0 Å². The zero-order valence-corrected chi connectivity index (χ0v) is 9.15. The molecule has 0 aliphatic heterocycles. The summed E-state index contributed by atoms with van der Waals surface area (Å²) in [5.74, 6) is 0.211. The summed E-state index contributed by atoms with van der Waals surface area (Å²) in [7, 11) is 0. The highest BCUT2D eigenvalue weighted by molar-refractivity contribution is 5.20. The van der Waals surface area contributed by atoms with Gasteiger partial charge in [-0.05, 0) is 12.0 Å². The Hall–Kier alpha value is -1.33. The number of hydrogen-bond donors (Lipinski definition) is 0. The second kappa shape index (κ2) is 7.03.